The molecule has 2 aromatic rings. The van der Waals surface area contributed by atoms with Crippen molar-refractivity contribution < 1.29 is 4.92 Å². The summed E-state index contributed by atoms with van der Waals surface area (Å²) in [5.74, 6) is 0. The second kappa shape index (κ2) is 6.37. The Hall–Kier alpha value is -2.39. The second-order valence-electron chi connectivity index (χ2n) is 4.49. The largest absolute Gasteiger partial charge is 0.380 e. The number of nitrogens with one attached hydrogen (secondary N) is 1. The lowest BCUT2D eigenvalue weighted by atomic mass is 10.1. The summed E-state index contributed by atoms with van der Waals surface area (Å²) in [5.41, 5.74) is 2.70. The van der Waals surface area contributed by atoms with E-state index in [1.165, 1.54) is 6.07 Å². The van der Waals surface area contributed by atoms with Crippen LogP contribution in [-0.2, 0) is 6.54 Å². The van der Waals surface area contributed by atoms with E-state index in [4.69, 9.17) is 0 Å². The molecule has 2 rings (SSSR count). The van der Waals surface area contributed by atoms with Gasteiger partial charge in [0.25, 0.3) is 5.69 Å². The van der Waals surface area contributed by atoms with E-state index in [1.54, 1.807) is 18.2 Å². The van der Waals surface area contributed by atoms with Gasteiger partial charge in [0.2, 0.25) is 0 Å². The van der Waals surface area contributed by atoms with Crippen LogP contribution in [0.4, 0.5) is 11.4 Å². The first-order chi connectivity index (χ1) is 10.0. The highest BCUT2D eigenvalue weighted by Gasteiger charge is 2.14. The molecule has 5 nitrogen and oxygen atoms in total. The molecule has 0 radical (unpaired) electrons. The van der Waals surface area contributed by atoms with Crippen LogP contribution >= 0.6 is 15.9 Å². The van der Waals surface area contributed by atoms with Gasteiger partial charge in [0, 0.05) is 22.6 Å². The van der Waals surface area contributed by atoms with Crippen LogP contribution in [0.1, 0.15) is 16.7 Å². The molecule has 0 amide bonds. The summed E-state index contributed by atoms with van der Waals surface area (Å²) in [5, 5.41) is 23.3. The lowest BCUT2D eigenvalue weighted by Crippen LogP contribution is -2.05. The van der Waals surface area contributed by atoms with Crippen molar-refractivity contribution in [1.82, 2.24) is 0 Å². The van der Waals surface area contributed by atoms with Crippen molar-refractivity contribution in [1.29, 1.82) is 5.26 Å². The summed E-state index contributed by atoms with van der Waals surface area (Å²) in [6, 6.07) is 12.4. The lowest BCUT2D eigenvalue weighted by molar-refractivity contribution is -0.385. The van der Waals surface area contributed by atoms with E-state index >= 15 is 0 Å². The van der Waals surface area contributed by atoms with Gasteiger partial charge in [0.15, 0.2) is 0 Å². The topological polar surface area (TPSA) is 79.0 Å². The minimum atomic E-state index is -0.412. The van der Waals surface area contributed by atoms with E-state index < -0.39 is 4.92 Å². The van der Waals surface area contributed by atoms with Gasteiger partial charge in [-0.1, -0.05) is 28.1 Å². The average molecular weight is 346 g/mol. The molecule has 0 aliphatic rings. The summed E-state index contributed by atoms with van der Waals surface area (Å²) in [7, 11) is 0. The van der Waals surface area contributed by atoms with Gasteiger partial charge in [0.1, 0.15) is 6.07 Å². The molecule has 1 N–H and O–H groups in total. The Labute approximate surface area is 130 Å². The standard InChI is InChI=1S/C15H12BrN3O2/c1-10-3-2-4-14(13(10)8-17)18-9-11-7-12(16)5-6-15(11)19(20)21/h2-7,18H,9H2,1H3. The number of rotatable bonds is 4. The van der Waals surface area contributed by atoms with Crippen molar-refractivity contribution in [3.05, 3.63) is 67.7 Å². The Kier molecular flexibility index (Phi) is 4.55. The molecule has 0 fully saturated rings. The molecule has 0 spiro atoms. The van der Waals surface area contributed by atoms with Crippen LogP contribution in [0.5, 0.6) is 0 Å². The molecule has 0 bridgehead atoms. The SMILES string of the molecule is Cc1cccc(NCc2cc(Br)ccc2[N+](=O)[O-])c1C#N. The quantitative estimate of drug-likeness (QED) is 0.666. The van der Waals surface area contributed by atoms with E-state index in [-0.39, 0.29) is 12.2 Å². The molecule has 0 atom stereocenters. The van der Waals surface area contributed by atoms with Crippen LogP contribution in [-0.4, -0.2) is 4.92 Å². The van der Waals surface area contributed by atoms with Crippen LogP contribution in [0.3, 0.4) is 0 Å². The van der Waals surface area contributed by atoms with E-state index in [2.05, 4.69) is 27.3 Å². The molecule has 0 saturated heterocycles. The number of nitro groups is 1. The number of nitriles is 1. The average Bonchev–Trinajstić information content (AvgIpc) is 2.44. The van der Waals surface area contributed by atoms with Crippen LogP contribution in [0.15, 0.2) is 40.9 Å². The highest BCUT2D eigenvalue weighted by Crippen LogP contribution is 2.25. The van der Waals surface area contributed by atoms with Gasteiger partial charge in [-0.15, -0.1) is 0 Å². The predicted octanol–water partition coefficient (Wildman–Crippen LogP) is 4.15. The number of nitrogens with zero attached hydrogens (tertiary/aromatic N) is 2. The highest BCUT2D eigenvalue weighted by molar-refractivity contribution is 9.10. The molecule has 21 heavy (non-hydrogen) atoms. The third-order valence-electron chi connectivity index (χ3n) is 3.09. The van der Waals surface area contributed by atoms with E-state index in [9.17, 15) is 15.4 Å². The van der Waals surface area contributed by atoms with Crippen molar-refractivity contribution in [2.75, 3.05) is 5.32 Å². The third-order valence-corrected chi connectivity index (χ3v) is 3.59. The number of aryl methyl sites for hydroxylation is 1. The van der Waals surface area contributed by atoms with Gasteiger partial charge in [0.05, 0.1) is 16.2 Å². The molecular weight excluding hydrogens is 334 g/mol. The smallest absolute Gasteiger partial charge is 0.274 e. The Morgan fingerprint density at radius 2 is 2.14 bits per heavy atom. The number of benzene rings is 2. The van der Waals surface area contributed by atoms with Crippen molar-refractivity contribution >= 4 is 27.3 Å². The zero-order chi connectivity index (χ0) is 15.4. The fraction of sp³-hybridized carbons (Fsp3) is 0.133. The summed E-state index contributed by atoms with van der Waals surface area (Å²) in [6.45, 7) is 2.12. The van der Waals surface area contributed by atoms with Crippen LogP contribution < -0.4 is 5.32 Å². The molecule has 0 heterocycles. The summed E-state index contributed by atoms with van der Waals surface area (Å²) in [4.78, 5) is 10.6. The number of halogens is 1. The number of anilines is 1. The van der Waals surface area contributed by atoms with Gasteiger partial charge in [-0.3, -0.25) is 10.1 Å². The minimum absolute atomic E-state index is 0.0526. The fourth-order valence-electron chi connectivity index (χ4n) is 2.03. The van der Waals surface area contributed by atoms with Gasteiger partial charge in [-0.05, 0) is 30.7 Å². The molecular formula is C15H12BrN3O2. The monoisotopic (exact) mass is 345 g/mol. The van der Waals surface area contributed by atoms with Gasteiger partial charge in [-0.25, -0.2) is 0 Å². The maximum atomic E-state index is 11.0. The number of nitro benzene ring substituents is 1. The molecule has 0 aliphatic heterocycles. The first kappa shape index (κ1) is 15.0. The first-order valence-electron chi connectivity index (χ1n) is 6.19. The normalized spacial score (nSPS) is 9.95. The number of hydrogen-bond acceptors (Lipinski definition) is 4. The van der Waals surface area contributed by atoms with E-state index in [0.29, 0.717) is 16.8 Å². The zero-order valence-corrected chi connectivity index (χ0v) is 12.8. The molecule has 0 aliphatic carbocycles. The number of hydrogen-bond donors (Lipinski definition) is 1. The maximum Gasteiger partial charge on any atom is 0.274 e. The Balaban J connectivity index is 2.29. The van der Waals surface area contributed by atoms with Crippen LogP contribution in [0, 0.1) is 28.4 Å². The summed E-state index contributed by atoms with van der Waals surface area (Å²) < 4.78 is 0.773. The Bertz CT molecular complexity index is 738. The zero-order valence-electron chi connectivity index (χ0n) is 11.3. The molecule has 0 saturated carbocycles. The van der Waals surface area contributed by atoms with Gasteiger partial charge >= 0.3 is 0 Å². The molecule has 106 valence electrons. The molecule has 2 aromatic carbocycles. The second-order valence-corrected chi connectivity index (χ2v) is 5.41. The van der Waals surface area contributed by atoms with Gasteiger partial charge < -0.3 is 5.32 Å². The highest BCUT2D eigenvalue weighted by atomic mass is 79.9. The fourth-order valence-corrected chi connectivity index (χ4v) is 2.44. The first-order valence-corrected chi connectivity index (χ1v) is 6.98. The van der Waals surface area contributed by atoms with Crippen LogP contribution in [0.25, 0.3) is 0 Å². The Morgan fingerprint density at radius 3 is 2.81 bits per heavy atom. The van der Waals surface area contributed by atoms with Crippen LogP contribution in [0.2, 0.25) is 0 Å². The minimum Gasteiger partial charge on any atom is -0.380 e. The van der Waals surface area contributed by atoms with Gasteiger partial charge in [-0.2, -0.15) is 5.26 Å². The Morgan fingerprint density at radius 1 is 1.38 bits per heavy atom. The summed E-state index contributed by atoms with van der Waals surface area (Å²) >= 11 is 3.31. The maximum absolute atomic E-state index is 11.0. The lowest BCUT2D eigenvalue weighted by Gasteiger charge is -2.10. The molecule has 6 heteroatoms. The van der Waals surface area contributed by atoms with E-state index in [1.807, 2.05) is 19.1 Å². The summed E-state index contributed by atoms with van der Waals surface area (Å²) in [6.07, 6.45) is 0. The van der Waals surface area contributed by atoms with E-state index in [0.717, 1.165) is 10.0 Å². The molecule has 0 aromatic heterocycles. The predicted molar refractivity (Wildman–Crippen MR) is 84.0 cm³/mol. The third kappa shape index (κ3) is 3.38. The van der Waals surface area contributed by atoms with Crippen molar-refractivity contribution in [3.63, 3.8) is 0 Å². The van der Waals surface area contributed by atoms with Crippen molar-refractivity contribution in [3.8, 4) is 6.07 Å². The molecule has 0 unspecified atom stereocenters. The van der Waals surface area contributed by atoms with Crippen molar-refractivity contribution in [2.24, 2.45) is 0 Å². The van der Waals surface area contributed by atoms with Crippen molar-refractivity contribution in [2.45, 2.75) is 13.5 Å².